The second-order valence-corrected chi connectivity index (χ2v) is 10.8. The van der Waals surface area contributed by atoms with E-state index < -0.39 is 5.91 Å². The van der Waals surface area contributed by atoms with Crippen molar-refractivity contribution in [3.63, 3.8) is 0 Å². The van der Waals surface area contributed by atoms with Crippen molar-refractivity contribution in [1.82, 2.24) is 9.58 Å². The number of carbonyl (C=O) groups excluding carboxylic acids is 1. The quantitative estimate of drug-likeness (QED) is 0.364. The highest BCUT2D eigenvalue weighted by Crippen LogP contribution is 2.36. The number of amidine groups is 2. The van der Waals surface area contributed by atoms with E-state index in [0.29, 0.717) is 29.3 Å². The van der Waals surface area contributed by atoms with E-state index in [9.17, 15) is 4.79 Å². The first kappa shape index (κ1) is 24.0. The van der Waals surface area contributed by atoms with Crippen LogP contribution in [-0.2, 0) is 11.3 Å². The van der Waals surface area contributed by atoms with Gasteiger partial charge in [0.25, 0.3) is 5.91 Å². The molecule has 37 heavy (non-hydrogen) atoms. The van der Waals surface area contributed by atoms with Gasteiger partial charge in [-0.05, 0) is 61.0 Å². The van der Waals surface area contributed by atoms with Gasteiger partial charge in [0.05, 0.1) is 12.1 Å². The van der Waals surface area contributed by atoms with Gasteiger partial charge in [0, 0.05) is 33.6 Å². The van der Waals surface area contributed by atoms with Crippen molar-refractivity contribution in [2.45, 2.75) is 38.6 Å². The Morgan fingerprint density at radius 3 is 2.70 bits per heavy atom. The Balaban J connectivity index is 1.25. The van der Waals surface area contributed by atoms with Crippen LogP contribution in [0, 0.1) is 11.3 Å². The van der Waals surface area contributed by atoms with E-state index in [1.807, 2.05) is 42.6 Å². The third-order valence-electron chi connectivity index (χ3n) is 6.96. The molecule has 1 aliphatic carbocycles. The zero-order valence-electron chi connectivity index (χ0n) is 20.2. The molecule has 188 valence electrons. The maximum Gasteiger partial charge on any atom is 0.283 e. The number of hydrogen-bond acceptors (Lipinski definition) is 5. The summed E-state index contributed by atoms with van der Waals surface area (Å²) in [5.41, 5.74) is 2.14. The molecule has 2 aliphatic heterocycles. The summed E-state index contributed by atoms with van der Waals surface area (Å²) in [5, 5.41) is 18.2. The molecular formula is C28H26ClN5O2S. The summed E-state index contributed by atoms with van der Waals surface area (Å²) >= 11 is 7.40. The lowest BCUT2D eigenvalue weighted by Crippen LogP contribution is -2.35. The van der Waals surface area contributed by atoms with Gasteiger partial charge in [0.2, 0.25) is 5.17 Å². The number of halogens is 1. The Hall–Kier alpha value is -3.36. The number of benzene rings is 2. The number of nitrogens with one attached hydrogen (secondary N) is 1. The highest BCUT2D eigenvalue weighted by Gasteiger charge is 2.38. The second-order valence-electron chi connectivity index (χ2n) is 9.39. The van der Waals surface area contributed by atoms with Gasteiger partial charge in [0.1, 0.15) is 17.4 Å². The Labute approximate surface area is 224 Å². The minimum atomic E-state index is -0.397. The molecule has 1 aromatic heterocycles. The summed E-state index contributed by atoms with van der Waals surface area (Å²) < 4.78 is 8.00. The number of amides is 1. The fourth-order valence-electron chi connectivity index (χ4n) is 5.04. The number of nitrogens with zero attached hydrogens (tertiary/aromatic N) is 4. The zero-order chi connectivity index (χ0) is 25.4. The Morgan fingerprint density at radius 1 is 1.11 bits per heavy atom. The normalized spacial score (nSPS) is 19.4. The van der Waals surface area contributed by atoms with Gasteiger partial charge in [0.15, 0.2) is 5.84 Å². The minimum absolute atomic E-state index is 0.0798. The molecule has 0 spiro atoms. The molecule has 0 bridgehead atoms. The van der Waals surface area contributed by atoms with E-state index in [1.54, 1.807) is 18.2 Å². The summed E-state index contributed by atoms with van der Waals surface area (Å²) in [6.07, 6.45) is 9.65. The lowest BCUT2D eigenvalue weighted by atomic mass is 9.90. The van der Waals surface area contributed by atoms with Crippen molar-refractivity contribution in [2.24, 2.45) is 16.0 Å². The number of para-hydroxylation sites is 1. The third kappa shape index (κ3) is 4.83. The largest absolute Gasteiger partial charge is 0.492 e. The highest BCUT2D eigenvalue weighted by molar-refractivity contribution is 8.27. The van der Waals surface area contributed by atoms with E-state index in [0.717, 1.165) is 40.1 Å². The second kappa shape index (κ2) is 10.2. The average molecular weight is 532 g/mol. The first-order chi connectivity index (χ1) is 18.1. The van der Waals surface area contributed by atoms with Crippen LogP contribution in [0.5, 0.6) is 5.75 Å². The number of hydrogen-bond donors (Lipinski definition) is 1. The molecule has 1 N–H and O–H groups in total. The first-order valence-electron chi connectivity index (χ1n) is 12.5. The van der Waals surface area contributed by atoms with Crippen LogP contribution in [0.2, 0.25) is 5.02 Å². The number of carbonyl (C=O) groups is 1. The van der Waals surface area contributed by atoms with Gasteiger partial charge >= 0.3 is 0 Å². The molecule has 3 aliphatic rings. The number of ether oxygens (including phenoxy) is 1. The van der Waals surface area contributed by atoms with Crippen molar-refractivity contribution in [3.8, 4) is 5.75 Å². The molecule has 0 saturated heterocycles. The van der Waals surface area contributed by atoms with E-state index in [2.05, 4.69) is 9.56 Å². The summed E-state index contributed by atoms with van der Waals surface area (Å²) in [5.74, 6) is 0.841. The van der Waals surface area contributed by atoms with Crippen LogP contribution in [0.1, 0.15) is 37.7 Å². The molecule has 2 aromatic carbocycles. The number of aliphatic imine (C=N–C) groups is 1. The Morgan fingerprint density at radius 2 is 1.89 bits per heavy atom. The van der Waals surface area contributed by atoms with Crippen molar-refractivity contribution < 1.29 is 9.53 Å². The van der Waals surface area contributed by atoms with Crippen LogP contribution in [0.4, 0.5) is 0 Å². The van der Waals surface area contributed by atoms with Crippen LogP contribution in [0.3, 0.4) is 0 Å². The summed E-state index contributed by atoms with van der Waals surface area (Å²) in [7, 11) is 0. The van der Waals surface area contributed by atoms with Gasteiger partial charge in [-0.2, -0.15) is 15.1 Å². The number of fused-ring (bicyclic) bond motifs is 2. The van der Waals surface area contributed by atoms with Crippen LogP contribution >= 0.6 is 23.4 Å². The fraction of sp³-hybridized carbons (Fsp3) is 0.286. The molecule has 3 heterocycles. The molecule has 0 unspecified atom stereocenters. The number of aromatic nitrogens is 1. The predicted octanol–water partition coefficient (Wildman–Crippen LogP) is 6.57. The van der Waals surface area contributed by atoms with E-state index >= 15 is 0 Å². The van der Waals surface area contributed by atoms with Gasteiger partial charge in [-0.1, -0.05) is 49.1 Å². The fourth-order valence-corrected chi connectivity index (χ4v) is 6.23. The van der Waals surface area contributed by atoms with Gasteiger partial charge in [-0.3, -0.25) is 10.2 Å². The Kier molecular flexibility index (Phi) is 6.61. The summed E-state index contributed by atoms with van der Waals surface area (Å²) in [6, 6.07) is 15.3. The van der Waals surface area contributed by atoms with E-state index in [4.69, 9.17) is 26.8 Å². The molecular weight excluding hydrogens is 506 g/mol. The van der Waals surface area contributed by atoms with E-state index in [1.165, 1.54) is 36.0 Å². The van der Waals surface area contributed by atoms with E-state index in [-0.39, 0.29) is 11.4 Å². The smallest absolute Gasteiger partial charge is 0.283 e. The first-order valence-corrected chi connectivity index (χ1v) is 13.7. The van der Waals surface area contributed by atoms with Crippen molar-refractivity contribution in [1.29, 1.82) is 5.41 Å². The maximum atomic E-state index is 13.0. The van der Waals surface area contributed by atoms with Gasteiger partial charge in [-0.25, -0.2) is 0 Å². The number of rotatable bonds is 6. The number of hydrazone groups is 1. The molecule has 1 saturated carbocycles. The summed E-state index contributed by atoms with van der Waals surface area (Å²) in [4.78, 5) is 17.3. The SMILES string of the molecule is N=C1/C(=C\c2cn(CCOc3ccc(Cl)cc3)c3ccccc23)C(=O)N=C2SC(C3CCCCC3)=NN12. The topological polar surface area (TPSA) is 83.0 Å². The monoisotopic (exact) mass is 531 g/mol. The molecule has 1 amide bonds. The Bertz CT molecular complexity index is 1470. The predicted molar refractivity (Wildman–Crippen MR) is 150 cm³/mol. The molecule has 7 nitrogen and oxygen atoms in total. The molecule has 9 heteroatoms. The lowest BCUT2D eigenvalue weighted by molar-refractivity contribution is -0.114. The van der Waals surface area contributed by atoms with Gasteiger partial charge < -0.3 is 9.30 Å². The maximum absolute atomic E-state index is 13.0. The highest BCUT2D eigenvalue weighted by atomic mass is 35.5. The van der Waals surface area contributed by atoms with Crippen LogP contribution < -0.4 is 4.74 Å². The lowest BCUT2D eigenvalue weighted by Gasteiger charge is -2.20. The number of thioether (sulfide) groups is 1. The molecule has 6 rings (SSSR count). The third-order valence-corrected chi connectivity index (χ3v) is 8.28. The minimum Gasteiger partial charge on any atom is -0.492 e. The molecule has 3 aromatic rings. The summed E-state index contributed by atoms with van der Waals surface area (Å²) in [6.45, 7) is 1.10. The molecule has 0 atom stereocenters. The zero-order valence-corrected chi connectivity index (χ0v) is 21.8. The van der Waals surface area contributed by atoms with Crippen molar-refractivity contribution in [3.05, 3.63) is 70.9 Å². The molecule has 0 radical (unpaired) electrons. The van der Waals surface area contributed by atoms with Crippen molar-refractivity contribution in [2.75, 3.05) is 6.61 Å². The van der Waals surface area contributed by atoms with Crippen LogP contribution in [0.25, 0.3) is 17.0 Å². The van der Waals surface area contributed by atoms with Crippen molar-refractivity contribution >= 4 is 62.3 Å². The molecule has 1 fully saturated rings. The standard InChI is InChI=1S/C28H26ClN5O2S/c29-20-10-12-21(13-11-20)36-15-14-33-17-19(22-8-4-5-9-24(22)33)16-23-25(30)34-28(31-26(23)35)37-27(32-34)18-6-2-1-3-7-18/h4-5,8-13,16-18,30H,1-3,6-7,14-15H2/b23-16+,30-25?. The average Bonchev–Trinajstić information content (AvgIpc) is 3.50. The van der Waals surface area contributed by atoms with Gasteiger partial charge in [-0.15, -0.1) is 0 Å². The van der Waals surface area contributed by atoms with Crippen LogP contribution in [-0.4, -0.2) is 38.1 Å². The van der Waals surface area contributed by atoms with Crippen LogP contribution in [0.15, 0.2) is 70.4 Å².